The van der Waals surface area contributed by atoms with E-state index in [1.54, 1.807) is 24.3 Å². The molecule has 0 unspecified atom stereocenters. The summed E-state index contributed by atoms with van der Waals surface area (Å²) in [6, 6.07) is 9.43. The van der Waals surface area contributed by atoms with Crippen molar-refractivity contribution in [1.29, 1.82) is 0 Å². The van der Waals surface area contributed by atoms with Crippen molar-refractivity contribution in [3.05, 3.63) is 53.5 Å². The van der Waals surface area contributed by atoms with Crippen LogP contribution in [-0.4, -0.2) is 34.6 Å². The number of carbonyl (C=O) groups is 2. The summed E-state index contributed by atoms with van der Waals surface area (Å²) in [4.78, 5) is 23.9. The van der Waals surface area contributed by atoms with Crippen LogP contribution in [0.25, 0.3) is 0 Å². The minimum absolute atomic E-state index is 0.184. The van der Waals surface area contributed by atoms with Gasteiger partial charge in [-0.05, 0) is 42.7 Å². The van der Waals surface area contributed by atoms with Gasteiger partial charge in [-0.15, -0.1) is 10.2 Å². The smallest absolute Gasteiger partial charge is 0.272 e. The topological polar surface area (TPSA) is 110 Å². The number of amides is 2. The summed E-state index contributed by atoms with van der Waals surface area (Å²) in [5, 5.41) is 14.1. The van der Waals surface area contributed by atoms with Crippen molar-refractivity contribution >= 4 is 17.6 Å². The average molecular weight is 399 g/mol. The van der Waals surface area contributed by atoms with Gasteiger partial charge < -0.3 is 16.4 Å². The molecule has 1 heterocycles. The minimum Gasteiger partial charge on any atom is -0.369 e. The molecule has 1 aromatic carbocycles. The van der Waals surface area contributed by atoms with Crippen molar-refractivity contribution < 1.29 is 14.0 Å². The van der Waals surface area contributed by atoms with E-state index < -0.39 is 0 Å². The Morgan fingerprint density at radius 1 is 1.14 bits per heavy atom. The van der Waals surface area contributed by atoms with Crippen LogP contribution in [0.2, 0.25) is 0 Å². The van der Waals surface area contributed by atoms with Crippen molar-refractivity contribution in [3.63, 3.8) is 0 Å². The third-order valence-corrected chi connectivity index (χ3v) is 5.43. The van der Waals surface area contributed by atoms with Crippen LogP contribution in [-0.2, 0) is 10.2 Å². The highest BCUT2D eigenvalue weighted by Crippen LogP contribution is 2.26. The van der Waals surface area contributed by atoms with Crippen LogP contribution >= 0.6 is 0 Å². The number of carbonyl (C=O) groups excluding carboxylic acids is 2. The van der Waals surface area contributed by atoms with Crippen molar-refractivity contribution in [1.82, 2.24) is 15.5 Å². The predicted molar refractivity (Wildman–Crippen MR) is 108 cm³/mol. The van der Waals surface area contributed by atoms with Gasteiger partial charge in [0.1, 0.15) is 11.6 Å². The van der Waals surface area contributed by atoms with Gasteiger partial charge in [0, 0.05) is 18.0 Å². The fraction of sp³-hybridized carbons (Fsp3) is 0.429. The lowest BCUT2D eigenvalue weighted by molar-refractivity contribution is -0.122. The quantitative estimate of drug-likeness (QED) is 0.662. The Labute approximate surface area is 169 Å². The molecule has 0 radical (unpaired) electrons. The van der Waals surface area contributed by atoms with E-state index in [1.807, 2.05) is 13.8 Å². The highest BCUT2D eigenvalue weighted by Gasteiger charge is 2.33. The Hall–Kier alpha value is -3.03. The largest absolute Gasteiger partial charge is 0.369 e. The van der Waals surface area contributed by atoms with Crippen LogP contribution in [0.1, 0.15) is 49.2 Å². The van der Waals surface area contributed by atoms with Crippen LogP contribution < -0.4 is 16.4 Å². The molecule has 154 valence electrons. The molecule has 1 saturated carbocycles. The van der Waals surface area contributed by atoms with Crippen LogP contribution in [0.4, 0.5) is 10.2 Å². The van der Waals surface area contributed by atoms with E-state index in [4.69, 9.17) is 5.73 Å². The third kappa shape index (κ3) is 5.07. The highest BCUT2D eigenvalue weighted by atomic mass is 19.1. The number of aromatic nitrogens is 2. The standard InChI is InChI=1S/C21H26FN5O2/c1-21(2,13-6-8-14(22)9-7-13)12-24-18-11-10-17(26-27-18)20(29)25-16-5-3-4-15(16)19(23)28/h6-11,15-16H,3-5,12H2,1-2H3,(H2,23,28)(H,24,27)(H,25,29)/t15-,16+/m1/s1. The van der Waals surface area contributed by atoms with Crippen molar-refractivity contribution in [2.45, 2.75) is 44.6 Å². The number of benzene rings is 1. The van der Waals surface area contributed by atoms with Crippen LogP contribution in [0.15, 0.2) is 36.4 Å². The number of halogens is 1. The molecular weight excluding hydrogens is 373 g/mol. The number of nitrogens with one attached hydrogen (secondary N) is 2. The average Bonchev–Trinajstić information content (AvgIpc) is 3.15. The van der Waals surface area contributed by atoms with E-state index in [1.165, 1.54) is 12.1 Å². The van der Waals surface area contributed by atoms with Gasteiger partial charge >= 0.3 is 0 Å². The number of anilines is 1. The molecule has 2 aromatic rings. The zero-order chi connectivity index (χ0) is 21.0. The van der Waals surface area contributed by atoms with Gasteiger partial charge in [-0.1, -0.05) is 32.4 Å². The molecule has 2 amide bonds. The molecule has 0 saturated heterocycles. The lowest BCUT2D eigenvalue weighted by atomic mass is 9.84. The molecule has 0 bridgehead atoms. The predicted octanol–water partition coefficient (Wildman–Crippen LogP) is 2.39. The first-order valence-corrected chi connectivity index (χ1v) is 9.70. The Morgan fingerprint density at radius 3 is 2.48 bits per heavy atom. The molecule has 3 rings (SSSR count). The number of nitrogens with zero attached hydrogens (tertiary/aromatic N) is 2. The summed E-state index contributed by atoms with van der Waals surface area (Å²) in [6.07, 6.45) is 2.28. The first kappa shape index (κ1) is 20.7. The molecule has 0 aliphatic heterocycles. The van der Waals surface area contributed by atoms with E-state index in [2.05, 4.69) is 20.8 Å². The van der Waals surface area contributed by atoms with E-state index >= 15 is 0 Å². The second-order valence-electron chi connectivity index (χ2n) is 8.07. The van der Waals surface area contributed by atoms with Crippen molar-refractivity contribution in [3.8, 4) is 0 Å². The normalized spacial score (nSPS) is 19.0. The first-order valence-electron chi connectivity index (χ1n) is 9.70. The van der Waals surface area contributed by atoms with Crippen molar-refractivity contribution in [2.24, 2.45) is 11.7 Å². The molecule has 29 heavy (non-hydrogen) atoms. The molecule has 1 aromatic heterocycles. The monoisotopic (exact) mass is 399 g/mol. The first-order chi connectivity index (χ1) is 13.8. The van der Waals surface area contributed by atoms with E-state index in [0.717, 1.165) is 18.4 Å². The maximum Gasteiger partial charge on any atom is 0.272 e. The summed E-state index contributed by atoms with van der Waals surface area (Å²) >= 11 is 0. The number of rotatable bonds is 7. The molecule has 8 heteroatoms. The minimum atomic E-state index is -0.387. The van der Waals surface area contributed by atoms with Gasteiger partial charge in [-0.2, -0.15) is 0 Å². The maximum atomic E-state index is 13.1. The fourth-order valence-corrected chi connectivity index (χ4v) is 3.58. The van der Waals surface area contributed by atoms with E-state index in [-0.39, 0.29) is 40.7 Å². The number of primary amides is 1. The molecule has 4 N–H and O–H groups in total. The van der Waals surface area contributed by atoms with Gasteiger partial charge in [-0.25, -0.2) is 4.39 Å². The van der Waals surface area contributed by atoms with E-state index in [9.17, 15) is 14.0 Å². The van der Waals surface area contributed by atoms with E-state index in [0.29, 0.717) is 18.8 Å². The molecule has 0 spiro atoms. The zero-order valence-electron chi connectivity index (χ0n) is 16.6. The summed E-state index contributed by atoms with van der Waals surface area (Å²) in [5.74, 6) is -0.817. The summed E-state index contributed by atoms with van der Waals surface area (Å²) in [6.45, 7) is 4.64. The second kappa shape index (κ2) is 8.55. The number of hydrogen-bond acceptors (Lipinski definition) is 5. The number of hydrogen-bond donors (Lipinski definition) is 3. The van der Waals surface area contributed by atoms with Crippen LogP contribution in [0.5, 0.6) is 0 Å². The molecular formula is C21H26FN5O2. The third-order valence-electron chi connectivity index (χ3n) is 5.43. The lowest BCUT2D eigenvalue weighted by Gasteiger charge is -2.25. The van der Waals surface area contributed by atoms with Gasteiger partial charge in [0.05, 0.1) is 5.92 Å². The van der Waals surface area contributed by atoms with Crippen molar-refractivity contribution in [2.75, 3.05) is 11.9 Å². The van der Waals surface area contributed by atoms with Gasteiger partial charge in [-0.3, -0.25) is 9.59 Å². The van der Waals surface area contributed by atoms with Gasteiger partial charge in [0.15, 0.2) is 5.69 Å². The summed E-state index contributed by atoms with van der Waals surface area (Å²) < 4.78 is 13.1. The molecule has 7 nitrogen and oxygen atoms in total. The second-order valence-corrected chi connectivity index (χ2v) is 8.07. The molecule has 2 atom stereocenters. The SMILES string of the molecule is CC(C)(CNc1ccc(C(=O)N[C@H]2CCC[C@H]2C(N)=O)nn1)c1ccc(F)cc1. The summed E-state index contributed by atoms with van der Waals surface area (Å²) in [7, 11) is 0. The molecule has 1 aliphatic rings. The van der Waals surface area contributed by atoms with Crippen LogP contribution in [0.3, 0.4) is 0 Å². The Kier molecular flexibility index (Phi) is 6.10. The summed E-state index contributed by atoms with van der Waals surface area (Å²) in [5.41, 5.74) is 6.32. The Balaban J connectivity index is 1.57. The maximum absolute atomic E-state index is 13.1. The lowest BCUT2D eigenvalue weighted by Crippen LogP contribution is -2.42. The van der Waals surface area contributed by atoms with Gasteiger partial charge in [0.25, 0.3) is 5.91 Å². The Bertz CT molecular complexity index is 868. The van der Waals surface area contributed by atoms with Gasteiger partial charge in [0.2, 0.25) is 5.91 Å². The fourth-order valence-electron chi connectivity index (χ4n) is 3.58. The zero-order valence-corrected chi connectivity index (χ0v) is 16.6. The highest BCUT2D eigenvalue weighted by molar-refractivity contribution is 5.93. The Morgan fingerprint density at radius 2 is 1.86 bits per heavy atom. The number of nitrogens with two attached hydrogens (primary N) is 1. The van der Waals surface area contributed by atoms with Crippen LogP contribution in [0, 0.1) is 11.7 Å². The molecule has 1 fully saturated rings. The molecule has 1 aliphatic carbocycles.